The Hall–Kier alpha value is 0.400. The summed E-state index contributed by atoms with van der Waals surface area (Å²) in [5, 5.41) is 0. The van der Waals surface area contributed by atoms with Crippen molar-refractivity contribution in [3.05, 3.63) is 0 Å². The van der Waals surface area contributed by atoms with E-state index in [9.17, 15) is 0 Å². The zero-order valence-electron chi connectivity index (χ0n) is 6.74. The number of hydrogen-bond donors (Lipinski definition) is 0. The minimum Gasteiger partial charge on any atom is -1.00 e. The van der Waals surface area contributed by atoms with E-state index in [2.05, 4.69) is 27.9 Å². The standard InChI is InChI=1S/C6H16N.BrH.H2O/c1-5-7(3,4)6-2;;/h5-6H2,1-4H3;1H;1H2/q+1;;/p-1. The van der Waals surface area contributed by atoms with Gasteiger partial charge in [0.25, 0.3) is 0 Å². The molecule has 60 valence electrons. The first kappa shape index (κ1) is 16.2. The van der Waals surface area contributed by atoms with Gasteiger partial charge in [0.05, 0.1) is 27.2 Å². The predicted molar refractivity (Wildman–Crippen MR) is 36.8 cm³/mol. The smallest absolute Gasteiger partial charge is 0.0753 e. The number of hydrogen-bond acceptors (Lipinski definition) is 0. The van der Waals surface area contributed by atoms with E-state index in [1.165, 1.54) is 13.1 Å². The van der Waals surface area contributed by atoms with Crippen LogP contribution in [0.25, 0.3) is 0 Å². The van der Waals surface area contributed by atoms with Crippen LogP contribution >= 0.6 is 0 Å². The van der Waals surface area contributed by atoms with Crippen LogP contribution in [0.15, 0.2) is 0 Å². The van der Waals surface area contributed by atoms with Crippen molar-refractivity contribution in [1.82, 2.24) is 0 Å². The quantitative estimate of drug-likeness (QED) is 0.434. The van der Waals surface area contributed by atoms with E-state index in [4.69, 9.17) is 0 Å². The largest absolute Gasteiger partial charge is 1.00 e. The molecule has 0 fully saturated rings. The fraction of sp³-hybridized carbons (Fsp3) is 1.00. The first-order valence-electron chi connectivity index (χ1n) is 2.94. The highest BCUT2D eigenvalue weighted by molar-refractivity contribution is 4.17. The molecule has 0 atom stereocenters. The van der Waals surface area contributed by atoms with Crippen molar-refractivity contribution in [3.63, 3.8) is 0 Å². The molecule has 0 aromatic rings. The van der Waals surface area contributed by atoms with E-state index in [1.807, 2.05) is 0 Å². The minimum atomic E-state index is 0. The van der Waals surface area contributed by atoms with E-state index in [0.717, 1.165) is 4.48 Å². The molecule has 0 heterocycles. The maximum atomic E-state index is 2.24. The lowest BCUT2D eigenvalue weighted by Crippen LogP contribution is -3.00. The molecule has 0 rings (SSSR count). The molecule has 0 saturated heterocycles. The van der Waals surface area contributed by atoms with Gasteiger partial charge in [0.15, 0.2) is 0 Å². The summed E-state index contributed by atoms with van der Waals surface area (Å²) in [6.07, 6.45) is 0. The Balaban J connectivity index is -0.000000180. The van der Waals surface area contributed by atoms with E-state index in [1.54, 1.807) is 0 Å². The molecule has 9 heavy (non-hydrogen) atoms. The first-order valence-corrected chi connectivity index (χ1v) is 2.94. The highest BCUT2D eigenvalue weighted by atomic mass is 79.9. The van der Waals surface area contributed by atoms with Crippen molar-refractivity contribution < 1.29 is 26.9 Å². The minimum absolute atomic E-state index is 0. The van der Waals surface area contributed by atoms with Crippen LogP contribution in [0.2, 0.25) is 0 Å². The molecule has 0 amide bonds. The summed E-state index contributed by atoms with van der Waals surface area (Å²) in [6, 6.07) is 0. The van der Waals surface area contributed by atoms with Crippen LogP contribution in [-0.2, 0) is 0 Å². The van der Waals surface area contributed by atoms with E-state index < -0.39 is 0 Å². The molecule has 0 aromatic heterocycles. The molecule has 0 radical (unpaired) electrons. The first-order chi connectivity index (χ1) is 3.12. The average Bonchev–Trinajstić information content (AvgIpc) is 1.68. The normalized spacial score (nSPS) is 9.33. The zero-order chi connectivity index (χ0) is 5.91. The van der Waals surface area contributed by atoms with Crippen LogP contribution in [0.5, 0.6) is 0 Å². The fourth-order valence-corrected chi connectivity index (χ4v) is 0.224. The highest BCUT2D eigenvalue weighted by Crippen LogP contribution is 1.91. The molecule has 0 bridgehead atoms. The molecular formula is C6H18BrNO. The Morgan fingerprint density at radius 1 is 1.00 bits per heavy atom. The van der Waals surface area contributed by atoms with Gasteiger partial charge in [-0.1, -0.05) is 0 Å². The lowest BCUT2D eigenvalue weighted by atomic mass is 10.5. The Bertz CT molecular complexity index is 51.0. The summed E-state index contributed by atoms with van der Waals surface area (Å²) in [5.41, 5.74) is 0. The topological polar surface area (TPSA) is 31.5 Å². The second kappa shape index (κ2) is 6.52. The van der Waals surface area contributed by atoms with Crippen molar-refractivity contribution in [1.29, 1.82) is 0 Å². The van der Waals surface area contributed by atoms with E-state index >= 15 is 0 Å². The van der Waals surface area contributed by atoms with Gasteiger partial charge in [-0.3, -0.25) is 0 Å². The van der Waals surface area contributed by atoms with Gasteiger partial charge in [0.2, 0.25) is 0 Å². The van der Waals surface area contributed by atoms with E-state index in [-0.39, 0.29) is 22.5 Å². The van der Waals surface area contributed by atoms with Crippen LogP contribution in [0.3, 0.4) is 0 Å². The van der Waals surface area contributed by atoms with Gasteiger partial charge in [-0.15, -0.1) is 0 Å². The number of rotatable bonds is 2. The molecule has 0 aliphatic carbocycles. The Kier molecular flexibility index (Phi) is 11.7. The molecule has 0 spiro atoms. The monoisotopic (exact) mass is 199 g/mol. The Labute approximate surface area is 68.5 Å². The van der Waals surface area contributed by atoms with Gasteiger partial charge in [0, 0.05) is 0 Å². The third-order valence-corrected chi connectivity index (χ3v) is 1.71. The van der Waals surface area contributed by atoms with Crippen LogP contribution in [0, 0.1) is 0 Å². The Morgan fingerprint density at radius 3 is 1.22 bits per heavy atom. The zero-order valence-corrected chi connectivity index (χ0v) is 8.33. The molecule has 2 N–H and O–H groups in total. The summed E-state index contributed by atoms with van der Waals surface area (Å²) < 4.78 is 1.14. The van der Waals surface area contributed by atoms with Crippen molar-refractivity contribution in [3.8, 4) is 0 Å². The number of quaternary nitrogens is 1. The van der Waals surface area contributed by atoms with E-state index in [0.29, 0.717) is 0 Å². The van der Waals surface area contributed by atoms with Gasteiger partial charge in [-0.25, -0.2) is 0 Å². The summed E-state index contributed by atoms with van der Waals surface area (Å²) in [5.74, 6) is 0. The molecule has 2 nitrogen and oxygen atoms in total. The van der Waals surface area contributed by atoms with Gasteiger partial charge < -0.3 is 26.9 Å². The molecule has 0 aromatic carbocycles. The molecular weight excluding hydrogens is 182 g/mol. The summed E-state index contributed by atoms with van der Waals surface area (Å²) in [4.78, 5) is 0. The molecule has 0 saturated carbocycles. The molecule has 3 heteroatoms. The van der Waals surface area contributed by atoms with Crippen molar-refractivity contribution in [2.45, 2.75) is 13.8 Å². The van der Waals surface area contributed by atoms with Gasteiger partial charge in [0.1, 0.15) is 0 Å². The third-order valence-electron chi connectivity index (χ3n) is 1.71. The maximum absolute atomic E-state index is 2.24. The number of nitrogens with zero attached hydrogens (tertiary/aromatic N) is 1. The SMILES string of the molecule is CC[N+](C)(C)CC.O.[Br-]. The van der Waals surface area contributed by atoms with Crippen molar-refractivity contribution in [2.24, 2.45) is 0 Å². The summed E-state index contributed by atoms with van der Waals surface area (Å²) >= 11 is 0. The van der Waals surface area contributed by atoms with Crippen molar-refractivity contribution in [2.75, 3.05) is 27.2 Å². The second-order valence-corrected chi connectivity index (χ2v) is 2.57. The molecule has 0 aliphatic heterocycles. The van der Waals surface area contributed by atoms with Crippen LogP contribution in [0.4, 0.5) is 0 Å². The summed E-state index contributed by atoms with van der Waals surface area (Å²) in [6.45, 7) is 6.89. The van der Waals surface area contributed by atoms with Crippen LogP contribution in [0.1, 0.15) is 13.8 Å². The average molecular weight is 200 g/mol. The van der Waals surface area contributed by atoms with Gasteiger partial charge in [-0.2, -0.15) is 0 Å². The van der Waals surface area contributed by atoms with Crippen LogP contribution in [-0.4, -0.2) is 37.1 Å². The molecule has 0 unspecified atom stereocenters. The van der Waals surface area contributed by atoms with Gasteiger partial charge >= 0.3 is 0 Å². The maximum Gasteiger partial charge on any atom is 0.0753 e. The summed E-state index contributed by atoms with van der Waals surface area (Å²) in [7, 11) is 4.47. The predicted octanol–water partition coefficient (Wildman–Crippen LogP) is -2.72. The third kappa shape index (κ3) is 8.40. The fourth-order valence-electron chi connectivity index (χ4n) is 0.224. The molecule has 0 aliphatic rings. The lowest BCUT2D eigenvalue weighted by Gasteiger charge is -2.25. The highest BCUT2D eigenvalue weighted by Gasteiger charge is 2.04. The van der Waals surface area contributed by atoms with Crippen LogP contribution < -0.4 is 17.0 Å². The number of halogens is 1. The van der Waals surface area contributed by atoms with Gasteiger partial charge in [-0.05, 0) is 13.8 Å². The second-order valence-electron chi connectivity index (χ2n) is 2.57. The lowest BCUT2D eigenvalue weighted by molar-refractivity contribution is -0.886. The Morgan fingerprint density at radius 2 is 1.22 bits per heavy atom. The van der Waals surface area contributed by atoms with Crippen molar-refractivity contribution >= 4 is 0 Å².